The first-order valence-electron chi connectivity index (χ1n) is 11.7. The number of halogens is 1. The van der Waals surface area contributed by atoms with Gasteiger partial charge in [-0.2, -0.15) is 0 Å². The second-order valence-corrected chi connectivity index (χ2v) is 8.66. The van der Waals surface area contributed by atoms with Crippen molar-refractivity contribution in [1.82, 2.24) is 9.80 Å². The molecular weight excluding hydrogens is 437 g/mol. The van der Waals surface area contributed by atoms with Crippen LogP contribution in [0, 0.1) is 5.82 Å². The average Bonchev–Trinajstić information content (AvgIpc) is 3.33. The lowest BCUT2D eigenvalue weighted by Crippen LogP contribution is -2.53. The van der Waals surface area contributed by atoms with Crippen molar-refractivity contribution in [3.8, 4) is 0 Å². The van der Waals surface area contributed by atoms with Crippen molar-refractivity contribution in [2.75, 3.05) is 26.7 Å². The molecule has 1 aliphatic heterocycles. The maximum atomic E-state index is 13.3. The van der Waals surface area contributed by atoms with Gasteiger partial charge in [-0.05, 0) is 49.4 Å². The smallest absolute Gasteiger partial charge is 0.410 e. The fraction of sp³-hybridized carbons (Fsp3) is 0.462. The molecule has 0 bridgehead atoms. The van der Waals surface area contributed by atoms with Crippen LogP contribution in [0.3, 0.4) is 0 Å². The minimum Gasteiger partial charge on any atom is -0.445 e. The number of methoxy groups -OCH3 is 1. The molecule has 2 aromatic rings. The van der Waals surface area contributed by atoms with Crippen LogP contribution in [0.5, 0.6) is 0 Å². The molecule has 8 heteroatoms. The molecule has 0 aliphatic carbocycles. The van der Waals surface area contributed by atoms with E-state index in [0.29, 0.717) is 26.1 Å². The van der Waals surface area contributed by atoms with E-state index >= 15 is 0 Å². The summed E-state index contributed by atoms with van der Waals surface area (Å²) in [5.41, 5.74) is 7.92. The molecule has 34 heavy (non-hydrogen) atoms. The predicted molar refractivity (Wildman–Crippen MR) is 127 cm³/mol. The standard InChI is InChI=1S/C26H34FN3O4/c1-19(33-2)24(28)25(31)30-15-6-9-23(30)17-29(16-14-20-10-12-22(27)13-11-20)26(32)34-18-21-7-4-3-5-8-21/h3-5,7-8,10-13,19,23-24H,6,9,14-18,28H2,1-2H3/t19-,23+,24+/m1/s1. The quantitative estimate of drug-likeness (QED) is 0.574. The number of likely N-dealkylation sites (tertiary alicyclic amines) is 1. The maximum absolute atomic E-state index is 13.3. The van der Waals surface area contributed by atoms with Crippen LogP contribution in [0.4, 0.5) is 9.18 Å². The Morgan fingerprint density at radius 1 is 1.15 bits per heavy atom. The van der Waals surface area contributed by atoms with E-state index in [1.54, 1.807) is 28.9 Å². The highest BCUT2D eigenvalue weighted by molar-refractivity contribution is 5.83. The van der Waals surface area contributed by atoms with Crippen LogP contribution < -0.4 is 5.73 Å². The molecule has 1 aliphatic rings. The van der Waals surface area contributed by atoms with Crippen molar-refractivity contribution >= 4 is 12.0 Å². The van der Waals surface area contributed by atoms with E-state index in [9.17, 15) is 14.0 Å². The molecule has 0 aromatic heterocycles. The largest absolute Gasteiger partial charge is 0.445 e. The molecule has 184 valence electrons. The van der Waals surface area contributed by atoms with Gasteiger partial charge < -0.3 is 25.0 Å². The van der Waals surface area contributed by atoms with Gasteiger partial charge in [0.05, 0.1) is 6.10 Å². The zero-order valence-corrected chi connectivity index (χ0v) is 19.9. The molecule has 3 rings (SSSR count). The molecule has 2 aromatic carbocycles. The van der Waals surface area contributed by atoms with E-state index in [1.807, 2.05) is 30.3 Å². The minimum absolute atomic E-state index is 0.153. The van der Waals surface area contributed by atoms with Gasteiger partial charge in [-0.1, -0.05) is 42.5 Å². The molecule has 1 saturated heterocycles. The van der Waals surface area contributed by atoms with Gasteiger partial charge in [0.2, 0.25) is 5.91 Å². The van der Waals surface area contributed by atoms with E-state index in [4.69, 9.17) is 15.2 Å². The summed E-state index contributed by atoms with van der Waals surface area (Å²) in [7, 11) is 1.53. The van der Waals surface area contributed by atoms with Gasteiger partial charge in [0, 0.05) is 32.8 Å². The SMILES string of the molecule is CO[C@H](C)[C@H](N)C(=O)N1CCC[C@H]1CN(CCc1ccc(F)cc1)C(=O)OCc1ccccc1. The molecule has 3 atom stereocenters. The molecule has 2 amide bonds. The summed E-state index contributed by atoms with van der Waals surface area (Å²) >= 11 is 0. The summed E-state index contributed by atoms with van der Waals surface area (Å²) in [4.78, 5) is 29.4. The maximum Gasteiger partial charge on any atom is 0.410 e. The van der Waals surface area contributed by atoms with Crippen LogP contribution in [-0.2, 0) is 27.3 Å². The first kappa shape index (κ1) is 25.6. The Bertz CT molecular complexity index is 925. The summed E-state index contributed by atoms with van der Waals surface area (Å²) in [5, 5.41) is 0. The number of carbonyl (C=O) groups excluding carboxylic acids is 2. The van der Waals surface area contributed by atoms with E-state index in [0.717, 1.165) is 24.0 Å². The van der Waals surface area contributed by atoms with Gasteiger partial charge in [-0.15, -0.1) is 0 Å². The summed E-state index contributed by atoms with van der Waals surface area (Å²) in [6, 6.07) is 14.8. The molecule has 0 radical (unpaired) electrons. The third kappa shape index (κ3) is 7.01. The zero-order chi connectivity index (χ0) is 24.5. The van der Waals surface area contributed by atoms with Crippen molar-refractivity contribution in [1.29, 1.82) is 0 Å². The van der Waals surface area contributed by atoms with Crippen molar-refractivity contribution in [2.45, 2.75) is 51.0 Å². The Balaban J connectivity index is 1.68. The lowest BCUT2D eigenvalue weighted by molar-refractivity contribution is -0.136. The van der Waals surface area contributed by atoms with Gasteiger partial charge in [-0.3, -0.25) is 4.79 Å². The predicted octanol–water partition coefficient (Wildman–Crippen LogP) is 3.36. The number of nitrogens with zero attached hydrogens (tertiary/aromatic N) is 2. The van der Waals surface area contributed by atoms with Crippen molar-refractivity contribution < 1.29 is 23.5 Å². The number of carbonyl (C=O) groups is 2. The normalized spacial score (nSPS) is 17.3. The van der Waals surface area contributed by atoms with Crippen molar-refractivity contribution in [3.05, 3.63) is 71.5 Å². The van der Waals surface area contributed by atoms with Crippen LogP contribution >= 0.6 is 0 Å². The monoisotopic (exact) mass is 471 g/mol. The van der Waals surface area contributed by atoms with Gasteiger partial charge in [0.25, 0.3) is 0 Å². The minimum atomic E-state index is -0.761. The molecule has 0 unspecified atom stereocenters. The van der Waals surface area contributed by atoms with Gasteiger partial charge in [0.1, 0.15) is 18.5 Å². The number of hydrogen-bond acceptors (Lipinski definition) is 5. The molecule has 7 nitrogen and oxygen atoms in total. The number of nitrogens with two attached hydrogens (primary N) is 1. The second kappa shape index (κ2) is 12.5. The number of ether oxygens (including phenoxy) is 2. The van der Waals surface area contributed by atoms with Crippen molar-refractivity contribution in [3.63, 3.8) is 0 Å². The van der Waals surface area contributed by atoms with Crippen LogP contribution in [0.1, 0.15) is 30.9 Å². The van der Waals surface area contributed by atoms with Crippen LogP contribution in [0.15, 0.2) is 54.6 Å². The fourth-order valence-corrected chi connectivity index (χ4v) is 4.09. The van der Waals surface area contributed by atoms with Gasteiger partial charge in [0.15, 0.2) is 0 Å². The molecule has 2 N–H and O–H groups in total. The summed E-state index contributed by atoms with van der Waals surface area (Å²) in [6.07, 6.45) is 1.31. The molecule has 1 heterocycles. The topological polar surface area (TPSA) is 85.1 Å². The van der Waals surface area contributed by atoms with Crippen LogP contribution in [-0.4, -0.2) is 66.7 Å². The third-order valence-corrected chi connectivity index (χ3v) is 6.30. The Labute approximate surface area is 200 Å². The summed E-state index contributed by atoms with van der Waals surface area (Å²) in [6.45, 7) is 3.26. The molecule has 1 fully saturated rings. The fourth-order valence-electron chi connectivity index (χ4n) is 4.09. The Hall–Kier alpha value is -2.97. The zero-order valence-electron chi connectivity index (χ0n) is 19.9. The Kier molecular flexibility index (Phi) is 9.42. The average molecular weight is 472 g/mol. The van der Waals surface area contributed by atoms with E-state index in [2.05, 4.69) is 0 Å². The van der Waals surface area contributed by atoms with Gasteiger partial charge >= 0.3 is 6.09 Å². The highest BCUT2D eigenvalue weighted by Crippen LogP contribution is 2.21. The van der Waals surface area contributed by atoms with Crippen LogP contribution in [0.25, 0.3) is 0 Å². The number of benzene rings is 2. The number of hydrogen-bond donors (Lipinski definition) is 1. The lowest BCUT2D eigenvalue weighted by Gasteiger charge is -2.33. The lowest BCUT2D eigenvalue weighted by atomic mass is 10.1. The van der Waals surface area contributed by atoms with E-state index in [-0.39, 0.29) is 24.4 Å². The van der Waals surface area contributed by atoms with Crippen molar-refractivity contribution in [2.24, 2.45) is 5.73 Å². The summed E-state index contributed by atoms with van der Waals surface area (Å²) < 4.78 is 24.1. The van der Waals surface area contributed by atoms with Crippen LogP contribution in [0.2, 0.25) is 0 Å². The Morgan fingerprint density at radius 2 is 1.85 bits per heavy atom. The highest BCUT2D eigenvalue weighted by atomic mass is 19.1. The summed E-state index contributed by atoms with van der Waals surface area (Å²) in [5.74, 6) is -0.474. The van der Waals surface area contributed by atoms with Gasteiger partial charge in [-0.25, -0.2) is 9.18 Å². The number of amides is 2. The van der Waals surface area contributed by atoms with E-state index < -0.39 is 18.2 Å². The first-order valence-corrected chi connectivity index (χ1v) is 11.7. The number of rotatable bonds is 10. The molecule has 0 saturated carbocycles. The first-order chi connectivity index (χ1) is 16.4. The molecule has 0 spiro atoms. The Morgan fingerprint density at radius 3 is 2.53 bits per heavy atom. The van der Waals surface area contributed by atoms with E-state index in [1.165, 1.54) is 19.2 Å². The highest BCUT2D eigenvalue weighted by Gasteiger charge is 2.35. The second-order valence-electron chi connectivity index (χ2n) is 8.66. The molecular formula is C26H34FN3O4. The third-order valence-electron chi connectivity index (χ3n) is 6.30.